The monoisotopic (exact) mass is 383 g/mol. The number of ether oxygens (including phenoxy) is 1. The number of hydrogen-bond acceptors (Lipinski definition) is 3. The number of benzene rings is 2. The van der Waals surface area contributed by atoms with Crippen LogP contribution in [0.4, 0.5) is 4.39 Å². The molecule has 0 fully saturated rings. The molecular formula is C18H16Cl2FNO3. The molecule has 0 radical (unpaired) electrons. The smallest absolute Gasteiger partial charge is 0.310 e. The van der Waals surface area contributed by atoms with E-state index in [4.69, 9.17) is 27.9 Å². The molecule has 0 bridgehead atoms. The normalized spacial score (nSPS) is 11.7. The summed E-state index contributed by atoms with van der Waals surface area (Å²) < 4.78 is 18.5. The van der Waals surface area contributed by atoms with Crippen molar-refractivity contribution in [3.05, 3.63) is 69.5 Å². The van der Waals surface area contributed by atoms with E-state index >= 15 is 0 Å². The van der Waals surface area contributed by atoms with Gasteiger partial charge in [-0.2, -0.15) is 0 Å². The first-order valence-electron chi connectivity index (χ1n) is 7.50. The van der Waals surface area contributed by atoms with Crippen LogP contribution < -0.4 is 5.32 Å². The van der Waals surface area contributed by atoms with Gasteiger partial charge in [-0.05, 0) is 36.8 Å². The molecule has 0 saturated heterocycles. The molecule has 0 aliphatic heterocycles. The Kier molecular flexibility index (Phi) is 6.79. The fraction of sp³-hybridized carbons (Fsp3) is 0.222. The summed E-state index contributed by atoms with van der Waals surface area (Å²) in [6.45, 7) is 1.34. The third kappa shape index (κ3) is 5.73. The quantitative estimate of drug-likeness (QED) is 0.764. The first-order valence-corrected chi connectivity index (χ1v) is 8.25. The molecule has 132 valence electrons. The van der Waals surface area contributed by atoms with Crippen LogP contribution in [0, 0.1) is 5.82 Å². The highest BCUT2D eigenvalue weighted by Crippen LogP contribution is 2.20. The molecule has 1 atom stereocenters. The SMILES string of the molecule is C[C@H](NC(=O)COC(=O)Cc1c(F)cccc1Cl)c1ccc(Cl)cc1. The summed E-state index contributed by atoms with van der Waals surface area (Å²) >= 11 is 11.7. The van der Waals surface area contributed by atoms with Crippen LogP contribution in [-0.2, 0) is 20.7 Å². The molecule has 2 aromatic carbocycles. The Hall–Kier alpha value is -2.11. The van der Waals surface area contributed by atoms with E-state index in [2.05, 4.69) is 5.32 Å². The van der Waals surface area contributed by atoms with E-state index in [0.29, 0.717) is 5.02 Å². The molecule has 0 aliphatic rings. The van der Waals surface area contributed by atoms with E-state index in [-0.39, 0.29) is 23.0 Å². The number of esters is 1. The van der Waals surface area contributed by atoms with Gasteiger partial charge in [0.1, 0.15) is 5.82 Å². The van der Waals surface area contributed by atoms with Gasteiger partial charge in [0.2, 0.25) is 0 Å². The van der Waals surface area contributed by atoms with Gasteiger partial charge in [0.25, 0.3) is 5.91 Å². The second kappa shape index (κ2) is 8.83. The van der Waals surface area contributed by atoms with Crippen LogP contribution >= 0.6 is 23.2 Å². The number of nitrogens with one attached hydrogen (secondary N) is 1. The van der Waals surface area contributed by atoms with E-state index in [1.807, 2.05) is 0 Å². The zero-order chi connectivity index (χ0) is 18.4. The highest BCUT2D eigenvalue weighted by atomic mass is 35.5. The fourth-order valence-electron chi connectivity index (χ4n) is 2.16. The molecule has 0 spiro atoms. The Bertz CT molecular complexity index is 745. The lowest BCUT2D eigenvalue weighted by atomic mass is 10.1. The van der Waals surface area contributed by atoms with Gasteiger partial charge in [0, 0.05) is 15.6 Å². The van der Waals surface area contributed by atoms with Crippen LogP contribution in [0.5, 0.6) is 0 Å². The predicted octanol–water partition coefficient (Wildman–Crippen LogP) is 4.10. The average Bonchev–Trinajstić information content (AvgIpc) is 2.57. The van der Waals surface area contributed by atoms with Gasteiger partial charge in [-0.25, -0.2) is 4.39 Å². The lowest BCUT2D eigenvalue weighted by molar-refractivity contribution is -0.148. The first kappa shape index (κ1) is 19.2. The summed E-state index contributed by atoms with van der Waals surface area (Å²) in [6, 6.07) is 10.9. The van der Waals surface area contributed by atoms with E-state index in [0.717, 1.165) is 5.56 Å². The molecule has 2 aromatic rings. The number of carbonyl (C=O) groups excluding carboxylic acids is 2. The first-order chi connectivity index (χ1) is 11.9. The molecule has 0 saturated carbocycles. The molecular weight excluding hydrogens is 368 g/mol. The summed E-state index contributed by atoms with van der Waals surface area (Å²) in [5, 5.41) is 3.44. The Balaban J connectivity index is 1.83. The van der Waals surface area contributed by atoms with E-state index in [1.54, 1.807) is 31.2 Å². The summed E-state index contributed by atoms with van der Waals surface area (Å²) in [5.41, 5.74) is 0.909. The van der Waals surface area contributed by atoms with Crippen molar-refractivity contribution in [1.29, 1.82) is 0 Å². The van der Waals surface area contributed by atoms with Crippen LogP contribution in [0.1, 0.15) is 24.1 Å². The second-order valence-electron chi connectivity index (χ2n) is 5.38. The minimum Gasteiger partial charge on any atom is -0.455 e. The van der Waals surface area contributed by atoms with Gasteiger partial charge in [0.05, 0.1) is 12.5 Å². The fourth-order valence-corrected chi connectivity index (χ4v) is 2.52. The maximum absolute atomic E-state index is 13.6. The van der Waals surface area contributed by atoms with Gasteiger partial charge in [-0.15, -0.1) is 0 Å². The van der Waals surface area contributed by atoms with Crippen LogP contribution in [-0.4, -0.2) is 18.5 Å². The van der Waals surface area contributed by atoms with Crippen molar-refractivity contribution in [3.8, 4) is 0 Å². The molecule has 1 N–H and O–H groups in total. The Morgan fingerprint density at radius 1 is 1.16 bits per heavy atom. The van der Waals surface area contributed by atoms with Gasteiger partial charge in [0.15, 0.2) is 6.61 Å². The largest absolute Gasteiger partial charge is 0.455 e. The minimum absolute atomic E-state index is 0.0455. The number of carbonyl (C=O) groups is 2. The number of amides is 1. The van der Waals surface area contributed by atoms with E-state index < -0.39 is 24.3 Å². The minimum atomic E-state index is -0.735. The van der Waals surface area contributed by atoms with Crippen molar-refractivity contribution in [2.24, 2.45) is 0 Å². The number of halogens is 3. The molecule has 4 nitrogen and oxygen atoms in total. The van der Waals surface area contributed by atoms with E-state index in [9.17, 15) is 14.0 Å². The van der Waals surface area contributed by atoms with Crippen molar-refractivity contribution >= 4 is 35.1 Å². The average molecular weight is 384 g/mol. The molecule has 0 aliphatic carbocycles. The highest BCUT2D eigenvalue weighted by molar-refractivity contribution is 6.31. The van der Waals surface area contributed by atoms with E-state index in [1.165, 1.54) is 18.2 Å². The molecule has 7 heteroatoms. The zero-order valence-corrected chi connectivity index (χ0v) is 14.9. The summed E-state index contributed by atoms with van der Waals surface area (Å²) in [5.74, 6) is -1.79. The second-order valence-corrected chi connectivity index (χ2v) is 6.22. The standard InChI is InChI=1S/C18H16Cl2FNO3/c1-11(12-5-7-13(19)8-6-12)22-17(23)10-25-18(24)9-14-15(20)3-2-4-16(14)21/h2-8,11H,9-10H2,1H3,(H,22,23)/t11-/m0/s1. The van der Waals surface area contributed by atoms with Crippen LogP contribution in [0.3, 0.4) is 0 Å². The maximum Gasteiger partial charge on any atom is 0.310 e. The summed E-state index contributed by atoms with van der Waals surface area (Å²) in [6.07, 6.45) is -0.342. The maximum atomic E-state index is 13.6. The molecule has 25 heavy (non-hydrogen) atoms. The zero-order valence-electron chi connectivity index (χ0n) is 13.4. The number of rotatable bonds is 6. The Morgan fingerprint density at radius 2 is 1.84 bits per heavy atom. The molecule has 0 heterocycles. The van der Waals surface area contributed by atoms with Crippen LogP contribution in [0.25, 0.3) is 0 Å². The van der Waals surface area contributed by atoms with Crippen LogP contribution in [0.15, 0.2) is 42.5 Å². The van der Waals surface area contributed by atoms with Crippen molar-refractivity contribution in [3.63, 3.8) is 0 Å². The topological polar surface area (TPSA) is 55.4 Å². The lowest BCUT2D eigenvalue weighted by Crippen LogP contribution is -2.31. The Labute approximate surface area is 154 Å². The molecule has 0 unspecified atom stereocenters. The van der Waals surface area contributed by atoms with Crippen LogP contribution in [0.2, 0.25) is 10.0 Å². The summed E-state index contributed by atoms with van der Waals surface area (Å²) in [7, 11) is 0. The third-order valence-corrected chi connectivity index (χ3v) is 4.10. The van der Waals surface area contributed by atoms with Crippen molar-refractivity contribution in [2.75, 3.05) is 6.61 Å². The Morgan fingerprint density at radius 3 is 2.48 bits per heavy atom. The molecule has 0 aromatic heterocycles. The van der Waals surface area contributed by atoms with Gasteiger partial charge < -0.3 is 10.1 Å². The molecule has 1 amide bonds. The number of hydrogen-bond donors (Lipinski definition) is 1. The lowest BCUT2D eigenvalue weighted by Gasteiger charge is -2.14. The van der Waals surface area contributed by atoms with Crippen molar-refractivity contribution < 1.29 is 18.7 Å². The molecule has 2 rings (SSSR count). The summed E-state index contributed by atoms with van der Waals surface area (Å²) in [4.78, 5) is 23.6. The third-order valence-electron chi connectivity index (χ3n) is 3.49. The van der Waals surface area contributed by atoms with Gasteiger partial charge in [-0.3, -0.25) is 9.59 Å². The van der Waals surface area contributed by atoms with Crippen molar-refractivity contribution in [1.82, 2.24) is 5.32 Å². The highest BCUT2D eigenvalue weighted by Gasteiger charge is 2.15. The van der Waals surface area contributed by atoms with Crippen molar-refractivity contribution in [2.45, 2.75) is 19.4 Å². The predicted molar refractivity (Wildman–Crippen MR) is 94.1 cm³/mol. The van der Waals surface area contributed by atoms with Gasteiger partial charge in [-0.1, -0.05) is 41.4 Å². The van der Waals surface area contributed by atoms with Gasteiger partial charge >= 0.3 is 5.97 Å².